The third-order valence-corrected chi connectivity index (χ3v) is 4.43. The van der Waals surface area contributed by atoms with E-state index in [1.165, 1.54) is 0 Å². The predicted octanol–water partition coefficient (Wildman–Crippen LogP) is 1.66. The molecule has 1 atom stereocenters. The Bertz CT molecular complexity index is 839. The molecule has 1 N–H and O–H groups in total. The molecule has 0 spiro atoms. The molecule has 0 bridgehead atoms. The maximum Gasteiger partial charge on any atom is 0.264 e. The van der Waals surface area contributed by atoms with Crippen LogP contribution in [0.1, 0.15) is 18.4 Å². The zero-order valence-corrected chi connectivity index (χ0v) is 14.2. The van der Waals surface area contributed by atoms with Crippen LogP contribution in [-0.4, -0.2) is 36.1 Å². The molecule has 134 valence electrons. The maximum atomic E-state index is 12.4. The Hall–Kier alpha value is -3.09. The monoisotopic (exact) mass is 353 g/mol. The number of amides is 2. The van der Waals surface area contributed by atoms with E-state index < -0.39 is 6.10 Å². The summed E-state index contributed by atoms with van der Waals surface area (Å²) < 4.78 is 11.3. The number of hydrogen-bond acceptors (Lipinski definition) is 5. The van der Waals surface area contributed by atoms with E-state index in [0.29, 0.717) is 31.0 Å². The fraction of sp³-hybridized carbons (Fsp3) is 0.316. The van der Waals surface area contributed by atoms with Crippen molar-refractivity contribution in [2.75, 3.05) is 18.1 Å². The molecule has 2 aliphatic rings. The minimum Gasteiger partial charge on any atom is -0.485 e. The van der Waals surface area contributed by atoms with Crippen molar-refractivity contribution < 1.29 is 19.1 Å². The first-order valence-corrected chi connectivity index (χ1v) is 8.61. The standard InChI is InChI=1S/C19H19N3O4/c23-18-6-3-7-22(18)14-8-13(9-20-11-14)10-21-19(24)17-12-25-15-4-1-2-5-16(15)26-17/h1-2,4-5,8-9,11,17H,3,6-7,10,12H2,(H,21,24). The maximum absolute atomic E-state index is 12.4. The van der Waals surface area contributed by atoms with Gasteiger partial charge < -0.3 is 19.7 Å². The van der Waals surface area contributed by atoms with Crippen molar-refractivity contribution >= 4 is 17.5 Å². The van der Waals surface area contributed by atoms with E-state index >= 15 is 0 Å². The molecular weight excluding hydrogens is 334 g/mol. The second-order valence-corrected chi connectivity index (χ2v) is 6.28. The fourth-order valence-corrected chi connectivity index (χ4v) is 3.09. The first kappa shape index (κ1) is 16.4. The Kier molecular flexibility index (Phi) is 4.43. The van der Waals surface area contributed by atoms with Gasteiger partial charge in [-0.1, -0.05) is 12.1 Å². The molecule has 1 aromatic heterocycles. The van der Waals surface area contributed by atoms with Crippen LogP contribution in [0.3, 0.4) is 0 Å². The lowest BCUT2D eigenvalue weighted by Crippen LogP contribution is -2.43. The average Bonchev–Trinajstić information content (AvgIpc) is 3.12. The van der Waals surface area contributed by atoms with E-state index in [0.717, 1.165) is 17.7 Å². The quantitative estimate of drug-likeness (QED) is 0.904. The van der Waals surface area contributed by atoms with E-state index in [-0.39, 0.29) is 18.4 Å². The van der Waals surface area contributed by atoms with Crippen molar-refractivity contribution in [1.29, 1.82) is 0 Å². The van der Waals surface area contributed by atoms with Crippen LogP contribution in [0.4, 0.5) is 5.69 Å². The van der Waals surface area contributed by atoms with Crippen molar-refractivity contribution in [3.63, 3.8) is 0 Å². The van der Waals surface area contributed by atoms with Gasteiger partial charge in [0.05, 0.1) is 11.9 Å². The van der Waals surface area contributed by atoms with Crippen LogP contribution in [0.5, 0.6) is 11.5 Å². The van der Waals surface area contributed by atoms with Crippen molar-refractivity contribution in [2.24, 2.45) is 0 Å². The molecule has 4 rings (SSSR count). The zero-order chi connectivity index (χ0) is 17.9. The van der Waals surface area contributed by atoms with Gasteiger partial charge in [0.1, 0.15) is 6.61 Å². The van der Waals surface area contributed by atoms with Gasteiger partial charge in [-0.2, -0.15) is 0 Å². The third kappa shape index (κ3) is 3.33. The summed E-state index contributed by atoms with van der Waals surface area (Å²) in [4.78, 5) is 30.1. The van der Waals surface area contributed by atoms with Gasteiger partial charge in [-0.3, -0.25) is 14.6 Å². The molecule has 1 fully saturated rings. The third-order valence-electron chi connectivity index (χ3n) is 4.43. The number of nitrogens with one attached hydrogen (secondary N) is 1. The van der Waals surface area contributed by atoms with Crippen LogP contribution < -0.4 is 19.7 Å². The number of pyridine rings is 1. The van der Waals surface area contributed by atoms with Gasteiger partial charge in [-0.05, 0) is 30.2 Å². The number of carbonyl (C=O) groups is 2. The number of hydrogen-bond donors (Lipinski definition) is 1. The molecular formula is C19H19N3O4. The summed E-state index contributed by atoms with van der Waals surface area (Å²) in [5.41, 5.74) is 1.60. The van der Waals surface area contributed by atoms with E-state index in [1.54, 1.807) is 29.4 Å². The summed E-state index contributed by atoms with van der Waals surface area (Å²) >= 11 is 0. The minimum atomic E-state index is -0.693. The summed E-state index contributed by atoms with van der Waals surface area (Å²) in [6.45, 7) is 1.19. The van der Waals surface area contributed by atoms with Crippen LogP contribution in [0.25, 0.3) is 0 Å². The van der Waals surface area contributed by atoms with Crippen molar-refractivity contribution in [1.82, 2.24) is 10.3 Å². The predicted molar refractivity (Wildman–Crippen MR) is 94.0 cm³/mol. The van der Waals surface area contributed by atoms with Crippen molar-refractivity contribution in [2.45, 2.75) is 25.5 Å². The first-order valence-electron chi connectivity index (χ1n) is 8.61. The highest BCUT2D eigenvalue weighted by molar-refractivity contribution is 5.95. The fourth-order valence-electron chi connectivity index (χ4n) is 3.09. The van der Waals surface area contributed by atoms with Crippen LogP contribution in [0.15, 0.2) is 42.7 Å². The summed E-state index contributed by atoms with van der Waals surface area (Å²) in [6, 6.07) is 9.15. The lowest BCUT2D eigenvalue weighted by Gasteiger charge is -2.25. The molecule has 7 heteroatoms. The molecule has 2 aromatic rings. The smallest absolute Gasteiger partial charge is 0.264 e. The van der Waals surface area contributed by atoms with Gasteiger partial charge in [-0.25, -0.2) is 0 Å². The molecule has 2 amide bonds. The number of fused-ring (bicyclic) bond motifs is 1. The number of anilines is 1. The molecule has 1 unspecified atom stereocenters. The second-order valence-electron chi connectivity index (χ2n) is 6.28. The van der Waals surface area contributed by atoms with Crippen molar-refractivity contribution in [3.05, 3.63) is 48.3 Å². The number of ether oxygens (including phenoxy) is 2. The van der Waals surface area contributed by atoms with Crippen LogP contribution >= 0.6 is 0 Å². The highest BCUT2D eigenvalue weighted by Gasteiger charge is 2.27. The molecule has 0 aliphatic carbocycles. The van der Waals surface area contributed by atoms with Crippen LogP contribution in [0, 0.1) is 0 Å². The zero-order valence-electron chi connectivity index (χ0n) is 14.2. The van der Waals surface area contributed by atoms with Gasteiger partial charge in [0.2, 0.25) is 12.0 Å². The van der Waals surface area contributed by atoms with Gasteiger partial charge >= 0.3 is 0 Å². The number of carbonyl (C=O) groups excluding carboxylic acids is 2. The number of para-hydroxylation sites is 2. The lowest BCUT2D eigenvalue weighted by molar-refractivity contribution is -0.130. The SMILES string of the molecule is O=C(NCc1cncc(N2CCCC2=O)c1)C1COc2ccccc2O1. The Morgan fingerprint density at radius 3 is 2.92 bits per heavy atom. The summed E-state index contributed by atoms with van der Waals surface area (Å²) in [5.74, 6) is 1.07. The number of rotatable bonds is 4. The van der Waals surface area contributed by atoms with Crippen molar-refractivity contribution in [3.8, 4) is 11.5 Å². The first-order chi connectivity index (χ1) is 12.7. The Balaban J connectivity index is 1.37. The topological polar surface area (TPSA) is 80.8 Å². The summed E-state index contributed by atoms with van der Waals surface area (Å²) in [7, 11) is 0. The van der Waals surface area contributed by atoms with Gasteiger partial charge in [-0.15, -0.1) is 0 Å². The summed E-state index contributed by atoms with van der Waals surface area (Å²) in [6.07, 6.45) is 4.09. The van der Waals surface area contributed by atoms with Crippen LogP contribution in [0.2, 0.25) is 0 Å². The number of aromatic nitrogens is 1. The molecule has 7 nitrogen and oxygen atoms in total. The second kappa shape index (κ2) is 7.03. The average molecular weight is 353 g/mol. The highest BCUT2D eigenvalue weighted by atomic mass is 16.6. The normalized spacial score (nSPS) is 18.7. The molecule has 0 saturated carbocycles. The van der Waals surface area contributed by atoms with Gasteiger partial charge in [0.25, 0.3) is 5.91 Å². The molecule has 1 aromatic carbocycles. The largest absolute Gasteiger partial charge is 0.485 e. The Morgan fingerprint density at radius 2 is 2.12 bits per heavy atom. The van der Waals surface area contributed by atoms with E-state index in [4.69, 9.17) is 9.47 Å². The number of nitrogens with zero attached hydrogens (tertiary/aromatic N) is 2. The van der Waals surface area contributed by atoms with E-state index in [9.17, 15) is 9.59 Å². The summed E-state index contributed by atoms with van der Waals surface area (Å²) in [5, 5.41) is 2.84. The van der Waals surface area contributed by atoms with Gasteiger partial charge in [0.15, 0.2) is 11.5 Å². The highest BCUT2D eigenvalue weighted by Crippen LogP contribution is 2.30. The minimum absolute atomic E-state index is 0.111. The van der Waals surface area contributed by atoms with Gasteiger partial charge in [0, 0.05) is 25.7 Å². The molecule has 2 aliphatic heterocycles. The molecule has 1 saturated heterocycles. The van der Waals surface area contributed by atoms with E-state index in [1.807, 2.05) is 18.2 Å². The Morgan fingerprint density at radius 1 is 1.27 bits per heavy atom. The molecule has 0 radical (unpaired) electrons. The van der Waals surface area contributed by atoms with Crippen LogP contribution in [-0.2, 0) is 16.1 Å². The molecule has 26 heavy (non-hydrogen) atoms. The number of benzene rings is 1. The van der Waals surface area contributed by atoms with E-state index in [2.05, 4.69) is 10.3 Å². The molecule has 3 heterocycles. The lowest BCUT2D eigenvalue weighted by atomic mass is 10.2. The Labute approximate surface area is 150 Å².